The van der Waals surface area contributed by atoms with Crippen molar-refractivity contribution in [2.75, 3.05) is 5.32 Å². The molecule has 2 aromatic carbocycles. The van der Waals surface area contributed by atoms with Crippen molar-refractivity contribution in [2.24, 2.45) is 0 Å². The summed E-state index contributed by atoms with van der Waals surface area (Å²) in [5, 5.41) is 5.01. The van der Waals surface area contributed by atoms with E-state index in [1.807, 2.05) is 37.3 Å². The van der Waals surface area contributed by atoms with Crippen molar-refractivity contribution >= 4 is 28.3 Å². The second kappa shape index (κ2) is 6.70. The zero-order chi connectivity index (χ0) is 17.3. The van der Waals surface area contributed by atoms with Crippen LogP contribution in [0.25, 0.3) is 11.0 Å². The average Bonchev–Trinajstić information content (AvgIpc) is 2.53. The first kappa shape index (κ1) is 16.6. The van der Waals surface area contributed by atoms with Gasteiger partial charge in [0.25, 0.3) is 0 Å². The third-order valence-electron chi connectivity index (χ3n) is 4.17. The minimum Gasteiger partial charge on any atom is -0.423 e. The Kier molecular flexibility index (Phi) is 4.63. The maximum absolute atomic E-state index is 11.9. The zero-order valence-electron chi connectivity index (χ0n) is 14.0. The highest BCUT2D eigenvalue weighted by atomic mass is 35.5. The molecule has 0 aliphatic rings. The molecule has 0 fully saturated rings. The number of hydrogen-bond donors (Lipinski definition) is 1. The number of hydrogen-bond acceptors (Lipinski definition) is 3. The van der Waals surface area contributed by atoms with Gasteiger partial charge in [-0.2, -0.15) is 0 Å². The van der Waals surface area contributed by atoms with Crippen molar-refractivity contribution < 1.29 is 4.42 Å². The van der Waals surface area contributed by atoms with E-state index in [1.165, 1.54) is 5.56 Å². The molecule has 3 aromatic rings. The molecule has 0 saturated carbocycles. The number of halogens is 1. The lowest BCUT2D eigenvalue weighted by Gasteiger charge is -2.13. The summed E-state index contributed by atoms with van der Waals surface area (Å²) < 4.78 is 5.38. The van der Waals surface area contributed by atoms with Crippen LogP contribution in [0.5, 0.6) is 0 Å². The fourth-order valence-corrected chi connectivity index (χ4v) is 3.05. The van der Waals surface area contributed by atoms with Crippen LogP contribution < -0.4 is 10.9 Å². The number of aryl methyl sites for hydroxylation is 1. The van der Waals surface area contributed by atoms with Crippen molar-refractivity contribution in [2.45, 2.75) is 33.2 Å². The van der Waals surface area contributed by atoms with Gasteiger partial charge in [0.05, 0.1) is 0 Å². The SMILES string of the molecule is Cc1cc2oc(=O)cc(CNc3ccc(Cl)cc3)c2cc1C(C)C. The summed E-state index contributed by atoms with van der Waals surface area (Å²) >= 11 is 5.91. The Morgan fingerprint density at radius 1 is 1.12 bits per heavy atom. The summed E-state index contributed by atoms with van der Waals surface area (Å²) in [5.41, 5.74) is 4.60. The molecular weight excluding hydrogens is 322 g/mol. The number of anilines is 1. The van der Waals surface area contributed by atoms with E-state index in [1.54, 1.807) is 6.07 Å². The van der Waals surface area contributed by atoms with E-state index in [-0.39, 0.29) is 5.63 Å². The molecule has 0 aliphatic carbocycles. The monoisotopic (exact) mass is 341 g/mol. The van der Waals surface area contributed by atoms with Gasteiger partial charge in [0.1, 0.15) is 5.58 Å². The predicted molar refractivity (Wildman–Crippen MR) is 100 cm³/mol. The second-order valence-corrected chi connectivity index (χ2v) is 6.75. The van der Waals surface area contributed by atoms with Crippen LogP contribution in [0, 0.1) is 6.92 Å². The fourth-order valence-electron chi connectivity index (χ4n) is 2.92. The van der Waals surface area contributed by atoms with E-state index in [0.717, 1.165) is 22.2 Å². The van der Waals surface area contributed by atoms with Crippen molar-refractivity contribution in [1.82, 2.24) is 0 Å². The highest BCUT2D eigenvalue weighted by Crippen LogP contribution is 2.27. The fraction of sp³-hybridized carbons (Fsp3) is 0.250. The first-order valence-corrected chi connectivity index (χ1v) is 8.38. The van der Waals surface area contributed by atoms with Crippen molar-refractivity contribution in [3.05, 3.63) is 74.6 Å². The molecule has 0 saturated heterocycles. The third kappa shape index (κ3) is 3.46. The van der Waals surface area contributed by atoms with E-state index in [9.17, 15) is 4.79 Å². The summed E-state index contributed by atoms with van der Waals surface area (Å²) in [5.74, 6) is 0.415. The molecule has 4 heteroatoms. The zero-order valence-corrected chi connectivity index (χ0v) is 14.8. The first-order chi connectivity index (χ1) is 11.4. The number of rotatable bonds is 4. The lowest BCUT2D eigenvalue weighted by atomic mass is 9.95. The van der Waals surface area contributed by atoms with Crippen LogP contribution in [0.4, 0.5) is 5.69 Å². The minimum absolute atomic E-state index is 0.327. The van der Waals surface area contributed by atoms with Gasteiger partial charge in [-0.1, -0.05) is 25.4 Å². The highest BCUT2D eigenvalue weighted by molar-refractivity contribution is 6.30. The molecule has 24 heavy (non-hydrogen) atoms. The molecule has 3 rings (SSSR count). The molecule has 0 amide bonds. The quantitative estimate of drug-likeness (QED) is 0.638. The van der Waals surface area contributed by atoms with E-state index >= 15 is 0 Å². The number of fused-ring (bicyclic) bond motifs is 1. The van der Waals surface area contributed by atoms with Crippen LogP contribution >= 0.6 is 11.6 Å². The molecule has 0 bridgehead atoms. The van der Waals surface area contributed by atoms with Crippen LogP contribution in [-0.4, -0.2) is 0 Å². The topological polar surface area (TPSA) is 42.2 Å². The number of nitrogens with one attached hydrogen (secondary N) is 1. The molecule has 3 nitrogen and oxygen atoms in total. The van der Waals surface area contributed by atoms with E-state index in [2.05, 4.69) is 25.2 Å². The third-order valence-corrected chi connectivity index (χ3v) is 4.42. The van der Waals surface area contributed by atoms with Gasteiger partial charge in [-0.15, -0.1) is 0 Å². The first-order valence-electron chi connectivity index (χ1n) is 8.01. The molecule has 0 aliphatic heterocycles. The largest absolute Gasteiger partial charge is 0.423 e. The Labute approximate surface area is 146 Å². The Balaban J connectivity index is 2.01. The molecular formula is C20H20ClNO2. The smallest absolute Gasteiger partial charge is 0.336 e. The van der Waals surface area contributed by atoms with Crippen LogP contribution in [0.15, 0.2) is 51.7 Å². The van der Waals surface area contributed by atoms with Crippen molar-refractivity contribution in [1.29, 1.82) is 0 Å². The van der Waals surface area contributed by atoms with Crippen LogP contribution in [0.3, 0.4) is 0 Å². The van der Waals surface area contributed by atoms with Crippen LogP contribution in [0.1, 0.15) is 36.5 Å². The summed E-state index contributed by atoms with van der Waals surface area (Å²) in [6, 6.07) is 13.2. The Bertz CT molecular complexity index is 927. The molecule has 0 radical (unpaired) electrons. The van der Waals surface area contributed by atoms with Gasteiger partial charge in [0.15, 0.2) is 0 Å². The molecule has 124 valence electrons. The van der Waals surface area contributed by atoms with Gasteiger partial charge >= 0.3 is 5.63 Å². The van der Waals surface area contributed by atoms with E-state index in [0.29, 0.717) is 23.1 Å². The summed E-state index contributed by atoms with van der Waals surface area (Å²) in [4.78, 5) is 11.9. The van der Waals surface area contributed by atoms with Crippen LogP contribution in [-0.2, 0) is 6.54 Å². The second-order valence-electron chi connectivity index (χ2n) is 6.31. The molecule has 0 spiro atoms. The minimum atomic E-state index is -0.327. The standard InChI is InChI=1S/C20H20ClNO2/c1-12(2)17-10-18-14(9-20(23)24-19(18)8-13(17)3)11-22-16-6-4-15(21)5-7-16/h4-10,12,22H,11H2,1-3H3. The average molecular weight is 342 g/mol. The normalized spacial score (nSPS) is 11.2. The van der Waals surface area contributed by atoms with E-state index < -0.39 is 0 Å². The lowest BCUT2D eigenvalue weighted by Crippen LogP contribution is -2.06. The summed E-state index contributed by atoms with van der Waals surface area (Å²) in [6.07, 6.45) is 0. The Morgan fingerprint density at radius 2 is 1.83 bits per heavy atom. The van der Waals surface area contributed by atoms with Gasteiger partial charge in [0, 0.05) is 28.7 Å². The van der Waals surface area contributed by atoms with Gasteiger partial charge in [0.2, 0.25) is 0 Å². The maximum atomic E-state index is 11.9. The molecule has 1 heterocycles. The lowest BCUT2D eigenvalue weighted by molar-refractivity contribution is 0.558. The van der Waals surface area contributed by atoms with Crippen molar-refractivity contribution in [3.8, 4) is 0 Å². The molecule has 1 N–H and O–H groups in total. The Morgan fingerprint density at radius 3 is 2.50 bits per heavy atom. The van der Waals surface area contributed by atoms with Gasteiger partial charge in [-0.25, -0.2) is 4.79 Å². The Hall–Kier alpha value is -2.26. The van der Waals surface area contributed by atoms with Crippen molar-refractivity contribution in [3.63, 3.8) is 0 Å². The van der Waals surface area contributed by atoms with Gasteiger partial charge in [-0.05, 0) is 65.9 Å². The molecule has 0 unspecified atom stereocenters. The maximum Gasteiger partial charge on any atom is 0.336 e. The predicted octanol–water partition coefficient (Wildman–Crippen LogP) is 5.49. The van der Waals surface area contributed by atoms with Gasteiger partial charge in [-0.3, -0.25) is 0 Å². The van der Waals surface area contributed by atoms with E-state index in [4.69, 9.17) is 16.0 Å². The highest BCUT2D eigenvalue weighted by Gasteiger charge is 2.11. The molecule has 1 aromatic heterocycles. The molecule has 0 atom stereocenters. The summed E-state index contributed by atoms with van der Waals surface area (Å²) in [6.45, 7) is 6.93. The van der Waals surface area contributed by atoms with Crippen LogP contribution in [0.2, 0.25) is 5.02 Å². The summed E-state index contributed by atoms with van der Waals surface area (Å²) in [7, 11) is 0. The van der Waals surface area contributed by atoms with Gasteiger partial charge < -0.3 is 9.73 Å². The number of benzene rings is 2.